The molecular weight excluding hydrogens is 202 g/mol. The Morgan fingerprint density at radius 2 is 2.15 bits per heavy atom. The summed E-state index contributed by atoms with van der Waals surface area (Å²) in [6.45, 7) is 2.42. The van der Waals surface area contributed by atoms with Crippen LogP contribution in [0.5, 0.6) is 0 Å². The fraction of sp³-hybridized carbons (Fsp3) is 1.00. The number of nitrogens with one attached hydrogen (secondary N) is 1. The minimum Gasteiger partial charge on any atom is -0.312 e. The molecule has 0 aromatic heterocycles. The van der Waals surface area contributed by atoms with E-state index < -0.39 is 15.8 Å². The van der Waals surface area contributed by atoms with E-state index in [1.165, 1.54) is 0 Å². The van der Waals surface area contributed by atoms with Crippen molar-refractivity contribution in [1.29, 1.82) is 0 Å². The second-order valence-corrected chi connectivity index (χ2v) is 4.92. The van der Waals surface area contributed by atoms with Crippen LogP contribution in [0.2, 0.25) is 0 Å². The van der Waals surface area contributed by atoms with E-state index in [0.717, 1.165) is 4.31 Å². The van der Waals surface area contributed by atoms with Crippen LogP contribution in [0.15, 0.2) is 0 Å². The standard InChI is InChI=1S/C6H12F2N2O2S/c1-5-4-10(3-2-9-5)13(11,12)6(7)8/h5-6,9H,2-4H2,1H3/t5-/m0/s1. The number of alkyl halides is 2. The Labute approximate surface area is 76.0 Å². The maximum absolute atomic E-state index is 12.1. The Balaban J connectivity index is 2.71. The lowest BCUT2D eigenvalue weighted by atomic mass is 10.3. The summed E-state index contributed by atoms with van der Waals surface area (Å²) >= 11 is 0. The summed E-state index contributed by atoms with van der Waals surface area (Å²) in [6.07, 6.45) is 0. The van der Waals surface area contributed by atoms with Crippen molar-refractivity contribution in [2.75, 3.05) is 19.6 Å². The molecule has 4 nitrogen and oxygen atoms in total. The highest BCUT2D eigenvalue weighted by atomic mass is 32.2. The molecule has 1 atom stereocenters. The number of hydrogen-bond acceptors (Lipinski definition) is 3. The van der Waals surface area contributed by atoms with E-state index in [0.29, 0.717) is 6.54 Å². The smallest absolute Gasteiger partial charge is 0.312 e. The van der Waals surface area contributed by atoms with Gasteiger partial charge in [0.25, 0.3) is 10.0 Å². The maximum atomic E-state index is 12.1. The van der Waals surface area contributed by atoms with Gasteiger partial charge in [0.05, 0.1) is 0 Å². The van der Waals surface area contributed by atoms with Crippen LogP contribution in [-0.4, -0.2) is 44.2 Å². The second kappa shape index (κ2) is 3.85. The molecule has 0 aliphatic carbocycles. The lowest BCUT2D eigenvalue weighted by Crippen LogP contribution is -2.52. The van der Waals surface area contributed by atoms with Crippen LogP contribution in [0.4, 0.5) is 8.78 Å². The molecule has 78 valence electrons. The molecule has 1 rings (SSSR count). The summed E-state index contributed by atoms with van der Waals surface area (Å²) in [5, 5.41) is 2.97. The van der Waals surface area contributed by atoms with Crippen LogP contribution in [0.25, 0.3) is 0 Å². The quantitative estimate of drug-likeness (QED) is 0.694. The van der Waals surface area contributed by atoms with Gasteiger partial charge in [-0.1, -0.05) is 0 Å². The predicted molar refractivity (Wildman–Crippen MR) is 44.0 cm³/mol. The third-order valence-corrected chi connectivity index (χ3v) is 3.42. The summed E-state index contributed by atoms with van der Waals surface area (Å²) in [5.74, 6) is -3.31. The molecule has 0 aromatic carbocycles. The van der Waals surface area contributed by atoms with Crippen molar-refractivity contribution in [2.45, 2.75) is 18.7 Å². The van der Waals surface area contributed by atoms with Crippen LogP contribution in [0, 0.1) is 0 Å². The van der Waals surface area contributed by atoms with Gasteiger partial charge in [0.1, 0.15) is 0 Å². The summed E-state index contributed by atoms with van der Waals surface area (Å²) < 4.78 is 46.9. The van der Waals surface area contributed by atoms with Crippen molar-refractivity contribution >= 4 is 10.0 Å². The summed E-state index contributed by atoms with van der Waals surface area (Å²) in [4.78, 5) is 0. The van der Waals surface area contributed by atoms with Gasteiger partial charge in [-0.15, -0.1) is 0 Å². The van der Waals surface area contributed by atoms with Gasteiger partial charge >= 0.3 is 5.76 Å². The molecular formula is C6H12F2N2O2S. The fourth-order valence-corrected chi connectivity index (χ4v) is 2.24. The molecule has 0 unspecified atom stereocenters. The molecule has 1 fully saturated rings. The van der Waals surface area contributed by atoms with Gasteiger partial charge in [0.15, 0.2) is 0 Å². The van der Waals surface area contributed by atoms with E-state index in [1.54, 1.807) is 6.92 Å². The Bertz CT molecular complexity index is 268. The molecule has 0 bridgehead atoms. The number of hydrogen-bond donors (Lipinski definition) is 1. The zero-order valence-corrected chi connectivity index (χ0v) is 8.02. The fourth-order valence-electron chi connectivity index (χ4n) is 1.24. The summed E-state index contributed by atoms with van der Waals surface area (Å²) in [6, 6.07) is -0.0673. The van der Waals surface area contributed by atoms with Gasteiger partial charge in [-0.2, -0.15) is 13.1 Å². The van der Waals surface area contributed by atoms with Gasteiger partial charge in [-0.25, -0.2) is 8.42 Å². The van der Waals surface area contributed by atoms with Gasteiger partial charge in [0.2, 0.25) is 0 Å². The molecule has 1 saturated heterocycles. The van der Waals surface area contributed by atoms with Crippen molar-refractivity contribution in [2.24, 2.45) is 0 Å². The first kappa shape index (κ1) is 10.8. The second-order valence-electron chi connectivity index (χ2n) is 3.02. The number of sulfonamides is 1. The summed E-state index contributed by atoms with van der Waals surface area (Å²) in [5.41, 5.74) is 0. The summed E-state index contributed by atoms with van der Waals surface area (Å²) in [7, 11) is -4.37. The molecule has 0 spiro atoms. The Kier molecular flexibility index (Phi) is 3.20. The normalized spacial score (nSPS) is 26.6. The van der Waals surface area contributed by atoms with Crippen LogP contribution in [-0.2, 0) is 10.0 Å². The van der Waals surface area contributed by atoms with E-state index in [9.17, 15) is 17.2 Å². The van der Waals surface area contributed by atoms with Crippen LogP contribution >= 0.6 is 0 Å². The maximum Gasteiger partial charge on any atom is 0.350 e. The van der Waals surface area contributed by atoms with Crippen molar-refractivity contribution in [3.05, 3.63) is 0 Å². The highest BCUT2D eigenvalue weighted by Gasteiger charge is 2.34. The SMILES string of the molecule is C[C@H]1CN(S(=O)(=O)C(F)F)CCN1. The number of piperazine rings is 1. The third kappa shape index (κ3) is 2.35. The van der Waals surface area contributed by atoms with Crippen molar-refractivity contribution in [3.8, 4) is 0 Å². The molecule has 7 heteroatoms. The molecule has 1 aliphatic rings. The average molecular weight is 214 g/mol. The zero-order chi connectivity index (χ0) is 10.1. The highest BCUT2D eigenvalue weighted by Crippen LogP contribution is 2.13. The molecule has 1 aliphatic heterocycles. The monoisotopic (exact) mass is 214 g/mol. The average Bonchev–Trinajstić information content (AvgIpc) is 2.04. The van der Waals surface area contributed by atoms with Crippen LogP contribution in [0.3, 0.4) is 0 Å². The molecule has 13 heavy (non-hydrogen) atoms. The molecule has 0 aromatic rings. The molecule has 1 heterocycles. The molecule has 0 amide bonds. The van der Waals surface area contributed by atoms with Crippen molar-refractivity contribution < 1.29 is 17.2 Å². The van der Waals surface area contributed by atoms with E-state index >= 15 is 0 Å². The minimum absolute atomic E-state index is 0.0673. The highest BCUT2D eigenvalue weighted by molar-refractivity contribution is 7.89. The van der Waals surface area contributed by atoms with Gasteiger partial charge in [0, 0.05) is 25.7 Å². The molecule has 1 N–H and O–H groups in total. The Morgan fingerprint density at radius 1 is 1.54 bits per heavy atom. The lowest BCUT2D eigenvalue weighted by Gasteiger charge is -2.30. The minimum atomic E-state index is -4.37. The van der Waals surface area contributed by atoms with Gasteiger partial charge < -0.3 is 5.32 Å². The zero-order valence-electron chi connectivity index (χ0n) is 7.20. The van der Waals surface area contributed by atoms with Crippen LogP contribution in [0.1, 0.15) is 6.92 Å². The largest absolute Gasteiger partial charge is 0.350 e. The molecule has 0 saturated carbocycles. The van der Waals surface area contributed by atoms with Gasteiger partial charge in [-0.05, 0) is 6.92 Å². The lowest BCUT2D eigenvalue weighted by molar-refractivity contribution is 0.210. The van der Waals surface area contributed by atoms with Gasteiger partial charge in [-0.3, -0.25) is 0 Å². The molecule has 0 radical (unpaired) electrons. The Morgan fingerprint density at radius 3 is 2.62 bits per heavy atom. The number of halogens is 2. The van der Waals surface area contributed by atoms with Crippen molar-refractivity contribution in [1.82, 2.24) is 9.62 Å². The first-order chi connectivity index (χ1) is 5.94. The van der Waals surface area contributed by atoms with E-state index in [4.69, 9.17) is 0 Å². The van der Waals surface area contributed by atoms with E-state index in [2.05, 4.69) is 5.32 Å². The van der Waals surface area contributed by atoms with E-state index in [1.807, 2.05) is 0 Å². The topological polar surface area (TPSA) is 49.4 Å². The predicted octanol–water partition coefficient (Wildman–Crippen LogP) is -0.167. The van der Waals surface area contributed by atoms with Crippen LogP contribution < -0.4 is 5.32 Å². The first-order valence-corrected chi connectivity index (χ1v) is 5.45. The number of nitrogens with zero attached hydrogens (tertiary/aromatic N) is 1. The number of rotatable bonds is 2. The van der Waals surface area contributed by atoms with Crippen molar-refractivity contribution in [3.63, 3.8) is 0 Å². The first-order valence-electron chi connectivity index (χ1n) is 3.95. The van der Waals surface area contributed by atoms with E-state index in [-0.39, 0.29) is 19.1 Å². The Hall–Kier alpha value is -0.270. The third-order valence-electron chi connectivity index (χ3n) is 1.92.